The zero-order valence-corrected chi connectivity index (χ0v) is 11.6. The fourth-order valence-electron chi connectivity index (χ4n) is 2.15. The van der Waals surface area contributed by atoms with E-state index in [1.807, 2.05) is 12.1 Å². The minimum absolute atomic E-state index is 0.0336. The van der Waals surface area contributed by atoms with Gasteiger partial charge in [-0.25, -0.2) is 4.79 Å². The van der Waals surface area contributed by atoms with Crippen LogP contribution in [0.15, 0.2) is 24.3 Å². The number of esters is 1. The number of hydrogen-bond donors (Lipinski definition) is 1. The Morgan fingerprint density at radius 3 is 2.70 bits per heavy atom. The van der Waals surface area contributed by atoms with E-state index in [2.05, 4.69) is 10.1 Å². The van der Waals surface area contributed by atoms with E-state index in [0.717, 1.165) is 24.8 Å². The van der Waals surface area contributed by atoms with Crippen LogP contribution >= 0.6 is 0 Å². The van der Waals surface area contributed by atoms with Crippen LogP contribution in [0.5, 0.6) is 0 Å². The Bertz CT molecular complexity index is 463. The Labute approximate surface area is 118 Å². The molecule has 5 heteroatoms. The van der Waals surface area contributed by atoms with Gasteiger partial charge < -0.3 is 14.8 Å². The standard InChI is InChI=1S/C15H19NO4/c1-19-15(18)12-6-4-11(5-7-12)8-9-16-14(17)13-3-2-10-20-13/h4-7,13H,2-3,8-10H2,1H3,(H,16,17)/t13-/m1/s1. The number of hydrogen-bond acceptors (Lipinski definition) is 4. The van der Waals surface area contributed by atoms with Crippen LogP contribution in [0, 0.1) is 0 Å². The minimum atomic E-state index is -0.344. The molecule has 1 aliphatic heterocycles. The molecule has 1 aromatic carbocycles. The average molecular weight is 277 g/mol. The molecule has 1 saturated heterocycles. The van der Waals surface area contributed by atoms with E-state index < -0.39 is 0 Å². The maximum absolute atomic E-state index is 11.7. The third-order valence-corrected chi connectivity index (χ3v) is 3.31. The van der Waals surface area contributed by atoms with Crippen molar-refractivity contribution in [3.8, 4) is 0 Å². The first-order chi connectivity index (χ1) is 9.70. The molecule has 0 spiro atoms. The van der Waals surface area contributed by atoms with E-state index >= 15 is 0 Å². The van der Waals surface area contributed by atoms with E-state index in [1.54, 1.807) is 12.1 Å². The second-order valence-corrected chi connectivity index (χ2v) is 4.73. The van der Waals surface area contributed by atoms with Crippen LogP contribution in [0.1, 0.15) is 28.8 Å². The van der Waals surface area contributed by atoms with E-state index in [1.165, 1.54) is 7.11 Å². The Kier molecular flexibility index (Phi) is 5.12. The summed E-state index contributed by atoms with van der Waals surface area (Å²) in [4.78, 5) is 23.0. The highest BCUT2D eigenvalue weighted by atomic mass is 16.5. The van der Waals surface area contributed by atoms with Gasteiger partial charge in [0.25, 0.3) is 0 Å². The summed E-state index contributed by atoms with van der Waals surface area (Å²) in [6.07, 6.45) is 2.20. The Morgan fingerprint density at radius 2 is 2.10 bits per heavy atom. The molecule has 0 aromatic heterocycles. The smallest absolute Gasteiger partial charge is 0.337 e. The molecule has 5 nitrogen and oxygen atoms in total. The van der Waals surface area contributed by atoms with Crippen molar-refractivity contribution in [1.29, 1.82) is 0 Å². The fraction of sp³-hybridized carbons (Fsp3) is 0.467. The molecule has 1 aliphatic rings. The first-order valence-electron chi connectivity index (χ1n) is 6.77. The van der Waals surface area contributed by atoms with Gasteiger partial charge in [0.05, 0.1) is 12.7 Å². The highest BCUT2D eigenvalue weighted by Gasteiger charge is 2.22. The van der Waals surface area contributed by atoms with Crippen LogP contribution in [0.4, 0.5) is 0 Å². The summed E-state index contributed by atoms with van der Waals surface area (Å²) >= 11 is 0. The molecule has 1 atom stereocenters. The summed E-state index contributed by atoms with van der Waals surface area (Å²) in [7, 11) is 1.36. The van der Waals surface area contributed by atoms with E-state index in [4.69, 9.17) is 4.74 Å². The van der Waals surface area contributed by atoms with Crippen LogP contribution < -0.4 is 5.32 Å². The number of methoxy groups -OCH3 is 1. The molecule has 0 radical (unpaired) electrons. The number of amides is 1. The summed E-state index contributed by atoms with van der Waals surface area (Å²) in [5.74, 6) is -0.378. The molecule has 0 bridgehead atoms. The normalized spacial score (nSPS) is 17.8. The molecule has 1 fully saturated rings. The predicted molar refractivity (Wildman–Crippen MR) is 73.5 cm³/mol. The Morgan fingerprint density at radius 1 is 1.35 bits per heavy atom. The van der Waals surface area contributed by atoms with Gasteiger partial charge >= 0.3 is 5.97 Å². The van der Waals surface area contributed by atoms with Crippen molar-refractivity contribution >= 4 is 11.9 Å². The predicted octanol–water partition coefficient (Wildman–Crippen LogP) is 1.31. The molecule has 0 saturated carbocycles. The first-order valence-corrected chi connectivity index (χ1v) is 6.77. The largest absolute Gasteiger partial charge is 0.465 e. The van der Waals surface area contributed by atoms with Gasteiger partial charge in [0.2, 0.25) is 5.91 Å². The summed E-state index contributed by atoms with van der Waals surface area (Å²) in [6.45, 7) is 1.24. The molecule has 1 N–H and O–H groups in total. The van der Waals surface area contributed by atoms with Gasteiger partial charge in [0, 0.05) is 13.2 Å². The summed E-state index contributed by atoms with van der Waals surface area (Å²) in [6, 6.07) is 7.18. The molecule has 1 aromatic rings. The summed E-state index contributed by atoms with van der Waals surface area (Å²) in [5.41, 5.74) is 1.59. The number of rotatable bonds is 5. The van der Waals surface area contributed by atoms with Crippen molar-refractivity contribution < 1.29 is 19.1 Å². The van der Waals surface area contributed by atoms with Crippen molar-refractivity contribution in [2.45, 2.75) is 25.4 Å². The van der Waals surface area contributed by atoms with Crippen molar-refractivity contribution in [1.82, 2.24) is 5.32 Å². The monoisotopic (exact) mass is 277 g/mol. The van der Waals surface area contributed by atoms with Crippen molar-refractivity contribution in [3.63, 3.8) is 0 Å². The number of carbonyl (C=O) groups excluding carboxylic acids is 2. The zero-order valence-electron chi connectivity index (χ0n) is 11.6. The lowest BCUT2D eigenvalue weighted by atomic mass is 10.1. The van der Waals surface area contributed by atoms with E-state index in [-0.39, 0.29) is 18.0 Å². The third kappa shape index (κ3) is 3.81. The fourth-order valence-corrected chi connectivity index (χ4v) is 2.15. The molecule has 108 valence electrons. The maximum atomic E-state index is 11.7. The molecular weight excluding hydrogens is 258 g/mol. The third-order valence-electron chi connectivity index (χ3n) is 3.31. The first kappa shape index (κ1) is 14.5. The van der Waals surface area contributed by atoms with Gasteiger partial charge in [-0.15, -0.1) is 0 Å². The van der Waals surface area contributed by atoms with Gasteiger partial charge in [0.1, 0.15) is 6.10 Å². The molecule has 1 heterocycles. The SMILES string of the molecule is COC(=O)c1ccc(CCNC(=O)[C@H]2CCCO2)cc1. The van der Waals surface area contributed by atoms with Gasteiger partial charge in [-0.1, -0.05) is 12.1 Å². The molecule has 2 rings (SSSR count). The topological polar surface area (TPSA) is 64.6 Å². The molecular formula is C15H19NO4. The second kappa shape index (κ2) is 7.05. The lowest BCUT2D eigenvalue weighted by Gasteiger charge is -2.10. The van der Waals surface area contributed by atoms with Crippen LogP contribution in [0.3, 0.4) is 0 Å². The van der Waals surface area contributed by atoms with Crippen LogP contribution in [0.25, 0.3) is 0 Å². The van der Waals surface area contributed by atoms with Crippen LogP contribution in [-0.2, 0) is 20.7 Å². The molecule has 1 amide bonds. The zero-order chi connectivity index (χ0) is 14.4. The van der Waals surface area contributed by atoms with Gasteiger partial charge in [-0.3, -0.25) is 4.79 Å². The lowest BCUT2D eigenvalue weighted by molar-refractivity contribution is -0.129. The van der Waals surface area contributed by atoms with Crippen molar-refractivity contribution in [2.75, 3.05) is 20.3 Å². The average Bonchev–Trinajstić information content (AvgIpc) is 3.01. The van der Waals surface area contributed by atoms with Gasteiger partial charge in [-0.2, -0.15) is 0 Å². The number of nitrogens with one attached hydrogen (secondary N) is 1. The van der Waals surface area contributed by atoms with Gasteiger partial charge in [-0.05, 0) is 37.0 Å². The number of carbonyl (C=O) groups is 2. The van der Waals surface area contributed by atoms with Crippen LogP contribution in [-0.4, -0.2) is 38.2 Å². The summed E-state index contributed by atoms with van der Waals surface area (Å²) < 4.78 is 9.94. The molecule has 0 unspecified atom stereocenters. The molecule has 20 heavy (non-hydrogen) atoms. The minimum Gasteiger partial charge on any atom is -0.465 e. The van der Waals surface area contributed by atoms with Crippen molar-refractivity contribution in [3.05, 3.63) is 35.4 Å². The number of ether oxygens (including phenoxy) is 2. The Hall–Kier alpha value is -1.88. The van der Waals surface area contributed by atoms with Gasteiger partial charge in [0.15, 0.2) is 0 Å². The van der Waals surface area contributed by atoms with Crippen LogP contribution in [0.2, 0.25) is 0 Å². The van der Waals surface area contributed by atoms with E-state index in [9.17, 15) is 9.59 Å². The Balaban J connectivity index is 1.76. The lowest BCUT2D eigenvalue weighted by Crippen LogP contribution is -2.35. The second-order valence-electron chi connectivity index (χ2n) is 4.73. The number of benzene rings is 1. The quantitative estimate of drug-likeness (QED) is 0.824. The van der Waals surface area contributed by atoms with E-state index in [0.29, 0.717) is 18.7 Å². The highest BCUT2D eigenvalue weighted by molar-refractivity contribution is 5.89. The maximum Gasteiger partial charge on any atom is 0.337 e. The molecule has 0 aliphatic carbocycles. The highest BCUT2D eigenvalue weighted by Crippen LogP contribution is 2.11. The summed E-state index contributed by atoms with van der Waals surface area (Å²) in [5, 5.41) is 2.87. The van der Waals surface area contributed by atoms with Crippen molar-refractivity contribution in [2.24, 2.45) is 0 Å².